The molecule has 3 N–H and O–H groups in total. The molecule has 0 saturated carbocycles. The van der Waals surface area contributed by atoms with E-state index in [1.54, 1.807) is 0 Å². The molecule has 0 radical (unpaired) electrons. The highest BCUT2D eigenvalue weighted by Gasteiger charge is 2.30. The van der Waals surface area contributed by atoms with Crippen LogP contribution >= 0.6 is 15.6 Å². The molecule has 0 aliphatic carbocycles. The van der Waals surface area contributed by atoms with Crippen molar-refractivity contribution in [2.24, 2.45) is 5.92 Å². The number of aliphatic hydroxyl groups is 1. The average Bonchev–Trinajstić information content (AvgIpc) is 3.63. The van der Waals surface area contributed by atoms with Gasteiger partial charge in [-0.05, 0) is 31.6 Å². The average molecular weight is 1370 g/mol. The zero-order valence-corrected chi connectivity index (χ0v) is 62.2. The summed E-state index contributed by atoms with van der Waals surface area (Å²) in [7, 11) is -9.90. The van der Waals surface area contributed by atoms with Gasteiger partial charge in [-0.15, -0.1) is 0 Å². The number of hydrogen-bond acceptors (Lipinski definition) is 15. The van der Waals surface area contributed by atoms with Gasteiger partial charge in [-0.1, -0.05) is 336 Å². The van der Waals surface area contributed by atoms with Gasteiger partial charge in [0.1, 0.15) is 19.3 Å². The lowest BCUT2D eigenvalue weighted by Crippen LogP contribution is -2.30. The normalized spacial score (nSPS) is 14.0. The Labute approximate surface area is 568 Å². The third-order valence-electron chi connectivity index (χ3n) is 17.3. The predicted octanol–water partition coefficient (Wildman–Crippen LogP) is 21.7. The molecular formula is C74H144O17P2. The summed E-state index contributed by atoms with van der Waals surface area (Å²) in [4.78, 5) is 72.6. The molecule has 0 saturated heterocycles. The Hall–Kier alpha value is -1.94. The van der Waals surface area contributed by atoms with Crippen molar-refractivity contribution >= 4 is 39.5 Å². The van der Waals surface area contributed by atoms with Crippen LogP contribution in [0.1, 0.15) is 388 Å². The van der Waals surface area contributed by atoms with E-state index < -0.39 is 97.5 Å². The summed E-state index contributed by atoms with van der Waals surface area (Å²) in [6.45, 7) is 7.28. The number of carbonyl (C=O) groups is 4. The molecule has 0 fully saturated rings. The molecule has 0 aromatic carbocycles. The Morgan fingerprint density at radius 1 is 0.290 bits per heavy atom. The topological polar surface area (TPSA) is 237 Å². The molecule has 0 aromatic rings. The molecule has 2 unspecified atom stereocenters. The number of phosphoric ester groups is 2. The molecule has 0 rings (SSSR count). The van der Waals surface area contributed by atoms with Crippen molar-refractivity contribution in [1.82, 2.24) is 0 Å². The van der Waals surface area contributed by atoms with Gasteiger partial charge >= 0.3 is 39.5 Å². The van der Waals surface area contributed by atoms with E-state index in [0.717, 1.165) is 102 Å². The zero-order chi connectivity index (χ0) is 68.4. The molecule has 19 heteroatoms. The number of ether oxygens (including phenoxy) is 4. The van der Waals surface area contributed by atoms with Crippen molar-refractivity contribution in [3.63, 3.8) is 0 Å². The Morgan fingerprint density at radius 2 is 0.495 bits per heavy atom. The van der Waals surface area contributed by atoms with E-state index in [1.165, 1.54) is 205 Å². The van der Waals surface area contributed by atoms with Gasteiger partial charge in [-0.3, -0.25) is 37.3 Å². The van der Waals surface area contributed by atoms with Gasteiger partial charge in [0.15, 0.2) is 12.2 Å². The third-order valence-corrected chi connectivity index (χ3v) is 19.2. The highest BCUT2D eigenvalue weighted by molar-refractivity contribution is 7.47. The molecule has 0 amide bonds. The van der Waals surface area contributed by atoms with Crippen molar-refractivity contribution in [2.45, 2.75) is 406 Å². The van der Waals surface area contributed by atoms with Gasteiger partial charge in [-0.2, -0.15) is 0 Å². The Morgan fingerprint density at radius 3 is 0.731 bits per heavy atom. The fourth-order valence-corrected chi connectivity index (χ4v) is 12.9. The van der Waals surface area contributed by atoms with Crippen LogP contribution in [0.5, 0.6) is 0 Å². The first-order valence-electron chi connectivity index (χ1n) is 38.6. The fourth-order valence-electron chi connectivity index (χ4n) is 11.4. The summed E-state index contributed by atoms with van der Waals surface area (Å²) >= 11 is 0. The summed E-state index contributed by atoms with van der Waals surface area (Å²) in [5.41, 5.74) is 0. The van der Waals surface area contributed by atoms with Crippen LogP contribution in [0.3, 0.4) is 0 Å². The minimum absolute atomic E-state index is 0.107. The van der Waals surface area contributed by atoms with Gasteiger partial charge < -0.3 is 33.8 Å². The first-order valence-corrected chi connectivity index (χ1v) is 41.6. The lowest BCUT2D eigenvalue weighted by Gasteiger charge is -2.21. The van der Waals surface area contributed by atoms with Crippen molar-refractivity contribution in [3.05, 3.63) is 0 Å². The van der Waals surface area contributed by atoms with Crippen LogP contribution in [0.25, 0.3) is 0 Å². The number of phosphoric acid groups is 2. The molecule has 0 aliphatic heterocycles. The van der Waals surface area contributed by atoms with Crippen molar-refractivity contribution in [3.8, 4) is 0 Å². The molecule has 0 heterocycles. The van der Waals surface area contributed by atoms with Gasteiger partial charge in [0.25, 0.3) is 0 Å². The summed E-state index contributed by atoms with van der Waals surface area (Å²) < 4.78 is 68.4. The number of rotatable bonds is 74. The second-order valence-corrected chi connectivity index (χ2v) is 30.1. The molecule has 5 atom stereocenters. The number of hydrogen-bond donors (Lipinski definition) is 3. The van der Waals surface area contributed by atoms with Crippen LogP contribution in [-0.4, -0.2) is 96.7 Å². The first kappa shape index (κ1) is 91.1. The van der Waals surface area contributed by atoms with E-state index in [9.17, 15) is 43.2 Å². The molecule has 0 bridgehead atoms. The minimum Gasteiger partial charge on any atom is -0.462 e. The highest BCUT2D eigenvalue weighted by atomic mass is 31.2. The summed E-state index contributed by atoms with van der Waals surface area (Å²) in [5.74, 6) is -1.32. The molecule has 0 aromatic heterocycles. The molecule has 93 heavy (non-hydrogen) atoms. The van der Waals surface area contributed by atoms with Gasteiger partial charge in [0, 0.05) is 25.7 Å². The first-order chi connectivity index (χ1) is 45.0. The molecule has 552 valence electrons. The van der Waals surface area contributed by atoms with Gasteiger partial charge in [-0.25, -0.2) is 9.13 Å². The molecule has 17 nitrogen and oxygen atoms in total. The molecular weight excluding hydrogens is 1220 g/mol. The summed E-state index contributed by atoms with van der Waals surface area (Å²) in [6, 6.07) is 0. The lowest BCUT2D eigenvalue weighted by atomic mass is 10.0. The number of esters is 4. The van der Waals surface area contributed by atoms with Crippen LogP contribution in [0, 0.1) is 5.92 Å². The smallest absolute Gasteiger partial charge is 0.462 e. The largest absolute Gasteiger partial charge is 0.472 e. The van der Waals surface area contributed by atoms with Crippen LogP contribution < -0.4 is 0 Å². The summed E-state index contributed by atoms with van der Waals surface area (Å²) in [5, 5.41) is 10.6. The third kappa shape index (κ3) is 68.4. The standard InChI is InChI=1S/C74H144O17P2/c1-6-9-12-15-18-21-23-25-26-27-31-35-38-43-48-53-58-72(77)85-64-70(91-74(79)60-55-50-45-40-36-32-29-28-30-33-37-41-46-51-56-67(4)5)66-89-93(82,83)87-62-68(75)61-86-92(80,81)88-65-69(63-84-71(76)57-52-47-42-20-17-14-11-8-3)90-73(78)59-54-49-44-39-34-24-22-19-16-13-10-7-2/h67-70,75H,6-66H2,1-5H3,(H,80,81)(H,82,83)/t68-,69+,70+/m0/s1. The van der Waals surface area contributed by atoms with Crippen molar-refractivity contribution < 1.29 is 80.2 Å². The maximum absolute atomic E-state index is 13.1. The number of unbranched alkanes of at least 4 members (excludes halogenated alkanes) is 46. The Kier molecular flexibility index (Phi) is 65.9. The van der Waals surface area contributed by atoms with Crippen LogP contribution in [-0.2, 0) is 65.4 Å². The second-order valence-electron chi connectivity index (χ2n) is 27.2. The lowest BCUT2D eigenvalue weighted by molar-refractivity contribution is -0.161. The Bertz CT molecular complexity index is 1790. The SMILES string of the molecule is CCCCCCCCCCCCCCCCCCC(=O)OC[C@H](COP(=O)(O)OC[C@@H](O)COP(=O)(O)OC[C@@H](COC(=O)CCCCCCCCCC)OC(=O)CCCCCCCCCCCCCC)OC(=O)CCCCCCCCCCCCCCCCC(C)C. The van der Waals surface area contributed by atoms with E-state index in [1.807, 2.05) is 0 Å². The van der Waals surface area contributed by atoms with E-state index in [-0.39, 0.29) is 25.7 Å². The van der Waals surface area contributed by atoms with Crippen LogP contribution in [0.15, 0.2) is 0 Å². The van der Waals surface area contributed by atoms with Crippen LogP contribution in [0.2, 0.25) is 0 Å². The van der Waals surface area contributed by atoms with Crippen molar-refractivity contribution in [2.75, 3.05) is 39.6 Å². The van der Waals surface area contributed by atoms with E-state index in [0.29, 0.717) is 25.7 Å². The Balaban J connectivity index is 5.21. The quantitative estimate of drug-likeness (QED) is 0.0222. The predicted molar refractivity (Wildman–Crippen MR) is 377 cm³/mol. The summed E-state index contributed by atoms with van der Waals surface area (Å²) in [6.07, 6.45) is 55.4. The van der Waals surface area contributed by atoms with Gasteiger partial charge in [0.05, 0.1) is 26.4 Å². The van der Waals surface area contributed by atoms with Crippen molar-refractivity contribution in [1.29, 1.82) is 0 Å². The molecule has 0 aliphatic rings. The van der Waals surface area contributed by atoms with E-state index in [2.05, 4.69) is 34.6 Å². The number of aliphatic hydroxyl groups excluding tert-OH is 1. The maximum Gasteiger partial charge on any atom is 0.472 e. The van der Waals surface area contributed by atoms with Gasteiger partial charge in [0.2, 0.25) is 0 Å². The van der Waals surface area contributed by atoms with E-state index in [4.69, 9.17) is 37.0 Å². The number of carbonyl (C=O) groups excluding carboxylic acids is 4. The van der Waals surface area contributed by atoms with Crippen LogP contribution in [0.4, 0.5) is 0 Å². The molecule has 0 spiro atoms. The zero-order valence-electron chi connectivity index (χ0n) is 60.4. The maximum atomic E-state index is 13.1. The second kappa shape index (κ2) is 67.3. The highest BCUT2D eigenvalue weighted by Crippen LogP contribution is 2.45. The fraction of sp³-hybridized carbons (Fsp3) is 0.946. The monoisotopic (exact) mass is 1370 g/mol. The minimum atomic E-state index is -4.95. The van der Waals surface area contributed by atoms with E-state index >= 15 is 0 Å².